The second-order valence-electron chi connectivity index (χ2n) is 4.98. The Bertz CT molecular complexity index is 472. The Hall–Kier alpha value is -1.10. The van der Waals surface area contributed by atoms with Crippen molar-refractivity contribution in [2.24, 2.45) is 4.99 Å². The van der Waals surface area contributed by atoms with E-state index in [9.17, 15) is 8.78 Å². The van der Waals surface area contributed by atoms with Gasteiger partial charge in [0.15, 0.2) is 16.8 Å². The lowest BCUT2D eigenvalue weighted by Gasteiger charge is -2.32. The molecule has 2 rings (SSSR count). The average Bonchev–Trinajstić information content (AvgIpc) is 2.29. The number of thioether (sulfide) groups is 1. The Morgan fingerprint density at radius 2 is 2.11 bits per heavy atom. The maximum absolute atomic E-state index is 13.0. The molecule has 0 aliphatic carbocycles. The summed E-state index contributed by atoms with van der Waals surface area (Å²) in [7, 11) is 0. The van der Waals surface area contributed by atoms with E-state index in [4.69, 9.17) is 0 Å². The van der Waals surface area contributed by atoms with Crippen molar-refractivity contribution in [2.75, 3.05) is 5.75 Å². The first kappa shape index (κ1) is 13.3. The van der Waals surface area contributed by atoms with Crippen LogP contribution < -0.4 is 5.32 Å². The standard InChI is InChI=1S/C13H16F2N2S/c1-13(2)5-6-18-12(17-13)16-8-9-3-4-10(14)11(15)7-9/h3-4,7H,5-6,8H2,1-2H3,(H,16,17). The van der Waals surface area contributed by atoms with Crippen molar-refractivity contribution in [3.8, 4) is 0 Å². The predicted molar refractivity (Wildman–Crippen MR) is 71.8 cm³/mol. The van der Waals surface area contributed by atoms with Crippen molar-refractivity contribution >= 4 is 16.9 Å². The van der Waals surface area contributed by atoms with Crippen molar-refractivity contribution < 1.29 is 8.78 Å². The van der Waals surface area contributed by atoms with Gasteiger partial charge in [-0.3, -0.25) is 4.99 Å². The summed E-state index contributed by atoms with van der Waals surface area (Å²) in [6.45, 7) is 4.61. The van der Waals surface area contributed by atoms with E-state index in [0.29, 0.717) is 12.1 Å². The molecule has 0 spiro atoms. The zero-order chi connectivity index (χ0) is 13.2. The van der Waals surface area contributed by atoms with Gasteiger partial charge in [-0.1, -0.05) is 17.8 Å². The number of hydrogen-bond acceptors (Lipinski definition) is 2. The Balaban J connectivity index is 2.03. The molecule has 5 heteroatoms. The molecule has 1 aromatic rings. The van der Waals surface area contributed by atoms with Crippen LogP contribution in [0.3, 0.4) is 0 Å². The molecule has 1 N–H and O–H groups in total. The molecule has 0 saturated carbocycles. The van der Waals surface area contributed by atoms with Gasteiger partial charge in [0, 0.05) is 11.3 Å². The number of nitrogens with zero attached hydrogens (tertiary/aromatic N) is 1. The Morgan fingerprint density at radius 3 is 2.78 bits per heavy atom. The van der Waals surface area contributed by atoms with Crippen LogP contribution in [0.15, 0.2) is 23.2 Å². The molecule has 0 bridgehead atoms. The second kappa shape index (κ2) is 5.26. The lowest BCUT2D eigenvalue weighted by molar-refractivity contribution is 0.446. The van der Waals surface area contributed by atoms with Crippen LogP contribution in [-0.2, 0) is 6.54 Å². The highest BCUT2D eigenvalue weighted by molar-refractivity contribution is 8.13. The quantitative estimate of drug-likeness (QED) is 0.891. The van der Waals surface area contributed by atoms with Crippen LogP contribution >= 0.6 is 11.8 Å². The first-order valence-electron chi connectivity index (χ1n) is 5.86. The van der Waals surface area contributed by atoms with Gasteiger partial charge in [-0.25, -0.2) is 8.78 Å². The zero-order valence-corrected chi connectivity index (χ0v) is 11.3. The minimum absolute atomic E-state index is 0.0537. The van der Waals surface area contributed by atoms with Gasteiger partial charge < -0.3 is 5.32 Å². The van der Waals surface area contributed by atoms with Gasteiger partial charge in [-0.05, 0) is 38.0 Å². The van der Waals surface area contributed by atoms with Crippen molar-refractivity contribution in [3.05, 3.63) is 35.4 Å². The van der Waals surface area contributed by atoms with Crippen molar-refractivity contribution in [1.82, 2.24) is 5.32 Å². The smallest absolute Gasteiger partial charge is 0.159 e. The van der Waals surface area contributed by atoms with Crippen LogP contribution in [0.25, 0.3) is 0 Å². The monoisotopic (exact) mass is 270 g/mol. The largest absolute Gasteiger partial charge is 0.360 e. The molecular weight excluding hydrogens is 254 g/mol. The topological polar surface area (TPSA) is 24.4 Å². The molecule has 0 unspecified atom stereocenters. The van der Waals surface area contributed by atoms with Crippen molar-refractivity contribution in [2.45, 2.75) is 32.4 Å². The van der Waals surface area contributed by atoms with Gasteiger partial charge in [0.25, 0.3) is 0 Å². The lowest BCUT2D eigenvalue weighted by atomic mass is 10.0. The number of hydrogen-bond donors (Lipinski definition) is 1. The highest BCUT2D eigenvalue weighted by atomic mass is 32.2. The molecule has 1 fully saturated rings. The van der Waals surface area contributed by atoms with E-state index in [2.05, 4.69) is 24.2 Å². The maximum atomic E-state index is 13.0. The number of amidine groups is 1. The molecule has 1 aromatic carbocycles. The normalized spacial score (nSPS) is 20.8. The van der Waals surface area contributed by atoms with E-state index in [1.165, 1.54) is 6.07 Å². The van der Waals surface area contributed by atoms with E-state index in [0.717, 1.165) is 23.4 Å². The minimum Gasteiger partial charge on any atom is -0.360 e. The summed E-state index contributed by atoms with van der Waals surface area (Å²) in [5.41, 5.74) is 0.727. The molecule has 0 radical (unpaired) electrons. The first-order valence-corrected chi connectivity index (χ1v) is 6.84. The second-order valence-corrected chi connectivity index (χ2v) is 6.06. The first-order chi connectivity index (χ1) is 8.46. The maximum Gasteiger partial charge on any atom is 0.159 e. The summed E-state index contributed by atoms with van der Waals surface area (Å²) >= 11 is 1.66. The third-order valence-corrected chi connectivity index (χ3v) is 3.71. The van der Waals surface area contributed by atoms with Crippen molar-refractivity contribution in [3.63, 3.8) is 0 Å². The minimum atomic E-state index is -0.822. The summed E-state index contributed by atoms with van der Waals surface area (Å²) in [6.07, 6.45) is 1.09. The molecule has 2 nitrogen and oxygen atoms in total. The molecule has 1 aliphatic heterocycles. The summed E-state index contributed by atoms with van der Waals surface area (Å²) in [5.74, 6) is -0.619. The van der Waals surface area contributed by atoms with Crippen LogP contribution in [0.1, 0.15) is 25.8 Å². The highest BCUT2D eigenvalue weighted by Gasteiger charge is 2.23. The molecular formula is C13H16F2N2S. The van der Waals surface area contributed by atoms with E-state index in [1.54, 1.807) is 17.8 Å². The van der Waals surface area contributed by atoms with E-state index in [-0.39, 0.29) is 5.54 Å². The summed E-state index contributed by atoms with van der Waals surface area (Å²) in [6, 6.07) is 3.88. The number of halogens is 2. The van der Waals surface area contributed by atoms with Gasteiger partial charge in [0.1, 0.15) is 0 Å². The number of benzene rings is 1. The fourth-order valence-corrected chi connectivity index (χ4v) is 2.99. The van der Waals surface area contributed by atoms with Crippen LogP contribution in [-0.4, -0.2) is 16.5 Å². The summed E-state index contributed by atoms with van der Waals surface area (Å²) in [5, 5.41) is 4.21. The number of rotatable bonds is 2. The Kier molecular flexibility index (Phi) is 3.90. The zero-order valence-electron chi connectivity index (χ0n) is 10.5. The van der Waals surface area contributed by atoms with Crippen molar-refractivity contribution in [1.29, 1.82) is 0 Å². The number of nitrogens with one attached hydrogen (secondary N) is 1. The van der Waals surface area contributed by atoms with E-state index < -0.39 is 11.6 Å². The predicted octanol–water partition coefficient (Wildman–Crippen LogP) is 3.33. The molecule has 0 atom stereocenters. The van der Waals surface area contributed by atoms with Crippen LogP contribution in [0.4, 0.5) is 8.78 Å². The Labute approximate surface area is 110 Å². The molecule has 18 heavy (non-hydrogen) atoms. The van der Waals surface area contributed by atoms with E-state index in [1.807, 2.05) is 0 Å². The van der Waals surface area contributed by atoms with Crippen LogP contribution in [0.5, 0.6) is 0 Å². The van der Waals surface area contributed by atoms with E-state index >= 15 is 0 Å². The third kappa shape index (κ3) is 3.45. The average molecular weight is 270 g/mol. The molecule has 98 valence electrons. The molecule has 1 heterocycles. The van der Waals surface area contributed by atoms with Gasteiger partial charge in [0.2, 0.25) is 0 Å². The van der Waals surface area contributed by atoms with Crippen LogP contribution in [0.2, 0.25) is 0 Å². The highest BCUT2D eigenvalue weighted by Crippen LogP contribution is 2.22. The van der Waals surface area contributed by atoms with Crippen LogP contribution in [0, 0.1) is 11.6 Å². The fourth-order valence-electron chi connectivity index (χ4n) is 1.68. The van der Waals surface area contributed by atoms with Gasteiger partial charge in [0.05, 0.1) is 6.54 Å². The fraction of sp³-hybridized carbons (Fsp3) is 0.462. The van der Waals surface area contributed by atoms with Gasteiger partial charge >= 0.3 is 0 Å². The molecule has 0 amide bonds. The SMILES string of the molecule is CC1(C)CCSC(=NCc2ccc(F)c(F)c2)N1. The van der Waals surface area contributed by atoms with Gasteiger partial charge in [-0.2, -0.15) is 0 Å². The third-order valence-electron chi connectivity index (χ3n) is 2.80. The molecule has 0 aromatic heterocycles. The molecule has 1 aliphatic rings. The Morgan fingerprint density at radius 1 is 1.33 bits per heavy atom. The van der Waals surface area contributed by atoms with Gasteiger partial charge in [-0.15, -0.1) is 0 Å². The summed E-state index contributed by atoms with van der Waals surface area (Å²) in [4.78, 5) is 4.40. The molecule has 1 saturated heterocycles. The summed E-state index contributed by atoms with van der Waals surface area (Å²) < 4.78 is 25.8. The number of aliphatic imine (C=N–C) groups is 1. The lowest BCUT2D eigenvalue weighted by Crippen LogP contribution is -2.46.